The SMILES string of the molecule is Clc1ccc([C@@H]2Nc3c(-c4ccccc4)cccc3[C@@H]3C=CC[C@H]32)cc1. The topological polar surface area (TPSA) is 12.0 Å². The van der Waals surface area contributed by atoms with Crippen molar-refractivity contribution in [3.8, 4) is 11.1 Å². The van der Waals surface area contributed by atoms with Gasteiger partial charge in [-0.3, -0.25) is 0 Å². The zero-order valence-electron chi connectivity index (χ0n) is 14.4. The number of rotatable bonds is 2. The van der Waals surface area contributed by atoms with E-state index in [4.69, 9.17) is 11.6 Å². The van der Waals surface area contributed by atoms with Crippen LogP contribution in [0.15, 0.2) is 84.9 Å². The molecule has 0 bridgehead atoms. The van der Waals surface area contributed by atoms with Crippen molar-refractivity contribution < 1.29 is 0 Å². The predicted octanol–water partition coefficient (Wildman–Crippen LogP) is 6.83. The highest BCUT2D eigenvalue weighted by atomic mass is 35.5. The van der Waals surface area contributed by atoms with Crippen molar-refractivity contribution in [2.45, 2.75) is 18.4 Å². The van der Waals surface area contributed by atoms with E-state index >= 15 is 0 Å². The van der Waals surface area contributed by atoms with Crippen LogP contribution >= 0.6 is 11.6 Å². The van der Waals surface area contributed by atoms with Crippen LogP contribution in [0.2, 0.25) is 5.02 Å². The highest BCUT2D eigenvalue weighted by Crippen LogP contribution is 2.52. The summed E-state index contributed by atoms with van der Waals surface area (Å²) in [5.41, 5.74) is 6.52. The minimum atomic E-state index is 0.296. The van der Waals surface area contributed by atoms with Gasteiger partial charge < -0.3 is 5.32 Å². The summed E-state index contributed by atoms with van der Waals surface area (Å²) in [5.74, 6) is 1.02. The molecule has 2 heteroatoms. The molecule has 0 unspecified atom stereocenters. The molecule has 0 aromatic heterocycles. The summed E-state index contributed by atoms with van der Waals surface area (Å²) in [6.45, 7) is 0. The van der Waals surface area contributed by atoms with Crippen LogP contribution in [-0.2, 0) is 0 Å². The summed E-state index contributed by atoms with van der Waals surface area (Å²) >= 11 is 6.12. The number of allylic oxidation sites excluding steroid dienone is 2. The van der Waals surface area contributed by atoms with E-state index in [9.17, 15) is 0 Å². The molecule has 2 aliphatic rings. The standard InChI is InChI=1S/C24H20ClN/c25-18-14-12-17(13-15-18)23-21-10-5-9-20(21)22-11-4-8-19(24(22)26-23)16-6-2-1-3-7-16/h1-9,11-15,20-21,23,26H,10H2/t20-,21-,23+/m1/s1. The summed E-state index contributed by atoms with van der Waals surface area (Å²) in [7, 11) is 0. The third-order valence-electron chi connectivity index (χ3n) is 5.71. The molecule has 3 aromatic rings. The Hall–Kier alpha value is -2.51. The molecule has 1 nitrogen and oxygen atoms in total. The van der Waals surface area contributed by atoms with Crippen molar-refractivity contribution in [2.75, 3.05) is 5.32 Å². The molecular formula is C24H20ClN. The summed E-state index contributed by atoms with van der Waals surface area (Å²) < 4.78 is 0. The molecule has 5 rings (SSSR count). The van der Waals surface area contributed by atoms with Gasteiger partial charge in [0, 0.05) is 22.2 Å². The number of fused-ring (bicyclic) bond motifs is 3. The monoisotopic (exact) mass is 357 g/mol. The largest absolute Gasteiger partial charge is 0.377 e. The highest BCUT2D eigenvalue weighted by Gasteiger charge is 2.38. The van der Waals surface area contributed by atoms with Crippen LogP contribution in [0.1, 0.15) is 29.5 Å². The van der Waals surface area contributed by atoms with Crippen LogP contribution < -0.4 is 5.32 Å². The molecule has 1 aliphatic carbocycles. The number of hydrogen-bond acceptors (Lipinski definition) is 1. The maximum atomic E-state index is 6.12. The number of anilines is 1. The molecule has 1 heterocycles. The lowest BCUT2D eigenvalue weighted by molar-refractivity contribution is 0.426. The number of nitrogens with one attached hydrogen (secondary N) is 1. The smallest absolute Gasteiger partial charge is 0.0554 e. The van der Waals surface area contributed by atoms with Gasteiger partial charge in [0.25, 0.3) is 0 Å². The average Bonchev–Trinajstić information content (AvgIpc) is 3.18. The van der Waals surface area contributed by atoms with Crippen molar-refractivity contribution in [1.82, 2.24) is 0 Å². The van der Waals surface area contributed by atoms with Gasteiger partial charge in [-0.2, -0.15) is 0 Å². The van der Waals surface area contributed by atoms with Crippen LogP contribution in [0.4, 0.5) is 5.69 Å². The number of hydrogen-bond donors (Lipinski definition) is 1. The molecule has 0 saturated heterocycles. The van der Waals surface area contributed by atoms with E-state index in [-0.39, 0.29) is 0 Å². The van der Waals surface area contributed by atoms with Gasteiger partial charge in [0.05, 0.1) is 6.04 Å². The van der Waals surface area contributed by atoms with E-state index in [1.807, 2.05) is 12.1 Å². The first-order valence-electron chi connectivity index (χ1n) is 9.18. The lowest BCUT2D eigenvalue weighted by Crippen LogP contribution is -2.29. The summed E-state index contributed by atoms with van der Waals surface area (Å²) in [6.07, 6.45) is 5.84. The Kier molecular flexibility index (Phi) is 3.83. The van der Waals surface area contributed by atoms with Crippen LogP contribution in [-0.4, -0.2) is 0 Å². The van der Waals surface area contributed by atoms with Gasteiger partial charge >= 0.3 is 0 Å². The molecule has 0 radical (unpaired) electrons. The van der Waals surface area contributed by atoms with Gasteiger partial charge in [0.15, 0.2) is 0 Å². The molecule has 0 fully saturated rings. The second kappa shape index (κ2) is 6.34. The predicted molar refractivity (Wildman–Crippen MR) is 110 cm³/mol. The zero-order valence-corrected chi connectivity index (χ0v) is 15.2. The normalized spacial score (nSPS) is 23.2. The average molecular weight is 358 g/mol. The first kappa shape index (κ1) is 15.7. The van der Waals surface area contributed by atoms with Crippen molar-refractivity contribution >= 4 is 17.3 Å². The van der Waals surface area contributed by atoms with E-state index in [0.29, 0.717) is 17.9 Å². The molecule has 128 valence electrons. The molecule has 0 saturated carbocycles. The zero-order chi connectivity index (χ0) is 17.5. The Bertz CT molecular complexity index is 959. The van der Waals surface area contributed by atoms with Gasteiger partial charge in [-0.05, 0) is 41.2 Å². The summed E-state index contributed by atoms with van der Waals surface area (Å²) in [6, 6.07) is 25.9. The van der Waals surface area contributed by atoms with Crippen LogP contribution in [0, 0.1) is 5.92 Å². The fourth-order valence-electron chi connectivity index (χ4n) is 4.48. The first-order valence-corrected chi connectivity index (χ1v) is 9.56. The Morgan fingerprint density at radius 1 is 0.846 bits per heavy atom. The quantitative estimate of drug-likeness (QED) is 0.495. The highest BCUT2D eigenvalue weighted by molar-refractivity contribution is 6.30. The lowest BCUT2D eigenvalue weighted by Gasteiger charge is -2.38. The molecule has 3 atom stereocenters. The summed E-state index contributed by atoms with van der Waals surface area (Å²) in [5, 5.41) is 4.68. The summed E-state index contributed by atoms with van der Waals surface area (Å²) in [4.78, 5) is 0. The Balaban J connectivity index is 1.65. The van der Waals surface area contributed by atoms with E-state index in [0.717, 1.165) is 11.4 Å². The van der Waals surface area contributed by atoms with Gasteiger partial charge in [0.2, 0.25) is 0 Å². The van der Waals surface area contributed by atoms with E-state index in [1.165, 1.54) is 27.9 Å². The van der Waals surface area contributed by atoms with E-state index < -0.39 is 0 Å². The maximum absolute atomic E-state index is 6.12. The molecule has 1 N–H and O–H groups in total. The van der Waals surface area contributed by atoms with Gasteiger partial charge in [-0.25, -0.2) is 0 Å². The number of benzene rings is 3. The van der Waals surface area contributed by atoms with Crippen molar-refractivity contribution in [3.63, 3.8) is 0 Å². The molecule has 0 amide bonds. The molecular weight excluding hydrogens is 338 g/mol. The number of halogens is 1. The van der Waals surface area contributed by atoms with Crippen molar-refractivity contribution in [2.24, 2.45) is 5.92 Å². The van der Waals surface area contributed by atoms with Crippen LogP contribution in [0.5, 0.6) is 0 Å². The third-order valence-corrected chi connectivity index (χ3v) is 5.96. The fraction of sp³-hybridized carbons (Fsp3) is 0.167. The molecule has 3 aromatic carbocycles. The molecule has 1 aliphatic heterocycles. The molecule has 0 spiro atoms. The van der Waals surface area contributed by atoms with Gasteiger partial charge in [0.1, 0.15) is 0 Å². The second-order valence-electron chi connectivity index (χ2n) is 7.16. The van der Waals surface area contributed by atoms with Crippen molar-refractivity contribution in [1.29, 1.82) is 0 Å². The Labute approximate surface area is 159 Å². The Morgan fingerprint density at radius 3 is 2.46 bits per heavy atom. The Morgan fingerprint density at radius 2 is 1.65 bits per heavy atom. The minimum absolute atomic E-state index is 0.296. The van der Waals surface area contributed by atoms with Crippen LogP contribution in [0.25, 0.3) is 11.1 Å². The van der Waals surface area contributed by atoms with Crippen LogP contribution in [0.3, 0.4) is 0 Å². The van der Waals surface area contributed by atoms with Gasteiger partial charge in [-0.15, -0.1) is 0 Å². The second-order valence-corrected chi connectivity index (χ2v) is 7.60. The maximum Gasteiger partial charge on any atom is 0.0554 e. The fourth-order valence-corrected chi connectivity index (χ4v) is 4.61. The minimum Gasteiger partial charge on any atom is -0.377 e. The van der Waals surface area contributed by atoms with Gasteiger partial charge in [-0.1, -0.05) is 84.4 Å². The van der Waals surface area contributed by atoms with E-state index in [1.54, 1.807) is 0 Å². The van der Waals surface area contributed by atoms with Crippen molar-refractivity contribution in [3.05, 3.63) is 101 Å². The first-order chi connectivity index (χ1) is 12.8. The van der Waals surface area contributed by atoms with E-state index in [2.05, 4.69) is 78.1 Å². The number of para-hydroxylation sites is 1. The third kappa shape index (κ3) is 2.55. The lowest BCUT2D eigenvalue weighted by atomic mass is 9.76. The molecule has 26 heavy (non-hydrogen) atoms.